The van der Waals surface area contributed by atoms with E-state index in [0.29, 0.717) is 6.79 Å². The average Bonchev–Trinajstić information content (AvgIpc) is 2.94. The van der Waals surface area contributed by atoms with Crippen molar-refractivity contribution in [2.24, 2.45) is 0 Å². The molecule has 2 aromatic carbocycles. The zero-order valence-corrected chi connectivity index (χ0v) is 12.2. The summed E-state index contributed by atoms with van der Waals surface area (Å²) in [5.41, 5.74) is 2.36. The van der Waals surface area contributed by atoms with Crippen molar-refractivity contribution < 1.29 is 9.47 Å². The minimum atomic E-state index is 0.322. The van der Waals surface area contributed by atoms with Crippen molar-refractivity contribution in [1.29, 1.82) is 0 Å². The number of rotatable bonds is 5. The van der Waals surface area contributed by atoms with E-state index in [2.05, 4.69) is 42.6 Å². The van der Waals surface area contributed by atoms with Crippen molar-refractivity contribution in [3.8, 4) is 11.5 Å². The fraction of sp³-hybridized carbons (Fsp3) is 0.250. The third-order valence-electron chi connectivity index (χ3n) is 3.11. The summed E-state index contributed by atoms with van der Waals surface area (Å²) in [6.07, 6.45) is 0. The second kappa shape index (κ2) is 6.09. The van der Waals surface area contributed by atoms with Crippen molar-refractivity contribution >= 4 is 17.4 Å². The summed E-state index contributed by atoms with van der Waals surface area (Å²) in [6.45, 7) is 3.26. The first kappa shape index (κ1) is 13.2. The van der Waals surface area contributed by atoms with E-state index in [9.17, 15) is 0 Å². The molecule has 3 nitrogen and oxygen atoms in total. The highest BCUT2D eigenvalue weighted by Gasteiger charge is 2.13. The highest BCUT2D eigenvalue weighted by molar-refractivity contribution is 7.99. The number of hydrogen-bond acceptors (Lipinski definition) is 4. The maximum Gasteiger partial charge on any atom is 0.231 e. The Bertz CT molecular complexity index is 601. The largest absolute Gasteiger partial charge is 0.454 e. The Labute approximate surface area is 123 Å². The second-order valence-electron chi connectivity index (χ2n) is 4.47. The van der Waals surface area contributed by atoms with E-state index in [-0.39, 0.29) is 0 Å². The molecule has 1 N–H and O–H groups in total. The van der Waals surface area contributed by atoms with Gasteiger partial charge < -0.3 is 14.8 Å². The minimum Gasteiger partial charge on any atom is -0.454 e. The van der Waals surface area contributed by atoms with Gasteiger partial charge >= 0.3 is 0 Å². The first-order chi connectivity index (χ1) is 9.86. The molecule has 0 aliphatic carbocycles. The van der Waals surface area contributed by atoms with Crippen molar-refractivity contribution in [3.05, 3.63) is 48.0 Å². The molecule has 0 bridgehead atoms. The van der Waals surface area contributed by atoms with Crippen LogP contribution in [0, 0.1) is 0 Å². The van der Waals surface area contributed by atoms with Crippen LogP contribution in [-0.2, 0) is 6.54 Å². The van der Waals surface area contributed by atoms with E-state index < -0.39 is 0 Å². The van der Waals surface area contributed by atoms with Crippen LogP contribution in [0.25, 0.3) is 0 Å². The summed E-state index contributed by atoms with van der Waals surface area (Å²) in [6, 6.07) is 14.5. The molecule has 104 valence electrons. The summed E-state index contributed by atoms with van der Waals surface area (Å²) < 4.78 is 10.7. The van der Waals surface area contributed by atoms with Gasteiger partial charge in [-0.1, -0.05) is 25.1 Å². The maximum absolute atomic E-state index is 5.40. The molecule has 0 saturated carbocycles. The number of benzene rings is 2. The lowest BCUT2D eigenvalue weighted by Gasteiger charge is -2.11. The van der Waals surface area contributed by atoms with E-state index in [4.69, 9.17) is 9.47 Å². The molecule has 4 heteroatoms. The summed E-state index contributed by atoms with van der Waals surface area (Å²) in [7, 11) is 0. The molecule has 2 aromatic rings. The van der Waals surface area contributed by atoms with E-state index in [1.807, 2.05) is 23.9 Å². The first-order valence-corrected chi connectivity index (χ1v) is 7.69. The summed E-state index contributed by atoms with van der Waals surface area (Å²) >= 11 is 1.85. The molecule has 1 heterocycles. The van der Waals surface area contributed by atoms with Crippen molar-refractivity contribution in [2.75, 3.05) is 17.9 Å². The van der Waals surface area contributed by atoms with Crippen molar-refractivity contribution in [1.82, 2.24) is 0 Å². The van der Waals surface area contributed by atoms with Gasteiger partial charge in [0.25, 0.3) is 0 Å². The zero-order valence-electron chi connectivity index (χ0n) is 11.4. The molecule has 0 saturated heterocycles. The molecule has 0 atom stereocenters. The monoisotopic (exact) mass is 287 g/mol. The van der Waals surface area contributed by atoms with Gasteiger partial charge in [-0.3, -0.25) is 0 Å². The van der Waals surface area contributed by atoms with Gasteiger partial charge in [0, 0.05) is 17.1 Å². The maximum atomic E-state index is 5.40. The number of hydrogen-bond donors (Lipinski definition) is 1. The third kappa shape index (κ3) is 2.85. The predicted molar refractivity (Wildman–Crippen MR) is 82.7 cm³/mol. The van der Waals surface area contributed by atoms with Gasteiger partial charge in [-0.05, 0) is 35.6 Å². The molecule has 0 fully saturated rings. The topological polar surface area (TPSA) is 30.5 Å². The van der Waals surface area contributed by atoms with Crippen LogP contribution >= 0.6 is 11.8 Å². The highest BCUT2D eigenvalue weighted by Crippen LogP contribution is 2.33. The molecular weight excluding hydrogens is 270 g/mol. The van der Waals surface area contributed by atoms with Gasteiger partial charge in [0.1, 0.15) is 0 Å². The Morgan fingerprint density at radius 2 is 1.95 bits per heavy atom. The second-order valence-corrected chi connectivity index (χ2v) is 5.78. The predicted octanol–water partition coefficient (Wildman–Crippen LogP) is 4.14. The minimum absolute atomic E-state index is 0.322. The normalized spacial score (nSPS) is 12.4. The lowest BCUT2D eigenvalue weighted by molar-refractivity contribution is 0.174. The van der Waals surface area contributed by atoms with Crippen LogP contribution in [0.1, 0.15) is 12.5 Å². The van der Waals surface area contributed by atoms with Crippen LogP contribution in [0.3, 0.4) is 0 Å². The Hall–Kier alpha value is -1.81. The van der Waals surface area contributed by atoms with Crippen LogP contribution in [0.5, 0.6) is 11.5 Å². The quantitative estimate of drug-likeness (QED) is 0.837. The fourth-order valence-electron chi connectivity index (χ4n) is 2.14. The van der Waals surface area contributed by atoms with Crippen molar-refractivity contribution in [2.45, 2.75) is 18.4 Å². The number of anilines is 1. The van der Waals surface area contributed by atoms with Gasteiger partial charge in [0.15, 0.2) is 11.5 Å². The van der Waals surface area contributed by atoms with Crippen molar-refractivity contribution in [3.63, 3.8) is 0 Å². The number of fused-ring (bicyclic) bond motifs is 1. The number of thioether (sulfide) groups is 1. The van der Waals surface area contributed by atoms with Gasteiger partial charge in [-0.15, -0.1) is 11.8 Å². The summed E-state index contributed by atoms with van der Waals surface area (Å²) in [4.78, 5) is 1.29. The fourth-order valence-corrected chi connectivity index (χ4v) is 2.92. The van der Waals surface area contributed by atoms with Crippen LogP contribution in [0.4, 0.5) is 5.69 Å². The molecule has 0 spiro atoms. The highest BCUT2D eigenvalue weighted by atomic mass is 32.2. The molecule has 0 amide bonds. The number of para-hydroxylation sites is 1. The van der Waals surface area contributed by atoms with E-state index in [0.717, 1.165) is 23.8 Å². The molecular formula is C16H17NO2S. The molecule has 3 rings (SSSR count). The molecule has 1 aliphatic rings. The van der Waals surface area contributed by atoms with Gasteiger partial charge in [0.05, 0.1) is 0 Å². The Morgan fingerprint density at radius 1 is 1.10 bits per heavy atom. The lowest BCUT2D eigenvalue weighted by atomic mass is 10.2. The zero-order chi connectivity index (χ0) is 13.8. The SMILES string of the molecule is CCSc1ccccc1NCc1ccc2c(c1)OCO2. The van der Waals surface area contributed by atoms with Crippen LogP contribution in [0.2, 0.25) is 0 Å². The Morgan fingerprint density at radius 3 is 2.85 bits per heavy atom. The molecule has 0 aromatic heterocycles. The standard InChI is InChI=1S/C16H17NO2S/c1-2-20-16-6-4-3-5-13(16)17-10-12-7-8-14-15(9-12)19-11-18-14/h3-9,17H,2,10-11H2,1H3. The van der Waals surface area contributed by atoms with Gasteiger partial charge in [0.2, 0.25) is 6.79 Å². The first-order valence-electron chi connectivity index (χ1n) is 6.71. The van der Waals surface area contributed by atoms with Gasteiger partial charge in [-0.25, -0.2) is 0 Å². The van der Waals surface area contributed by atoms with E-state index >= 15 is 0 Å². The Balaban J connectivity index is 1.70. The molecule has 0 radical (unpaired) electrons. The number of ether oxygens (including phenoxy) is 2. The van der Waals surface area contributed by atoms with Crippen LogP contribution in [-0.4, -0.2) is 12.5 Å². The third-order valence-corrected chi connectivity index (χ3v) is 4.06. The smallest absolute Gasteiger partial charge is 0.231 e. The van der Waals surface area contributed by atoms with Crippen LogP contribution < -0.4 is 14.8 Å². The summed E-state index contributed by atoms with van der Waals surface area (Å²) in [5, 5.41) is 3.49. The Kier molecular flexibility index (Phi) is 4.02. The van der Waals surface area contributed by atoms with Gasteiger partial charge in [-0.2, -0.15) is 0 Å². The van der Waals surface area contributed by atoms with E-state index in [1.165, 1.54) is 16.1 Å². The molecule has 0 unspecified atom stereocenters. The summed E-state index contributed by atoms with van der Waals surface area (Å²) in [5.74, 6) is 2.74. The van der Waals surface area contributed by atoms with E-state index in [1.54, 1.807) is 0 Å². The van der Waals surface area contributed by atoms with Crippen LogP contribution in [0.15, 0.2) is 47.4 Å². The lowest BCUT2D eigenvalue weighted by Crippen LogP contribution is -2.00. The molecule has 20 heavy (non-hydrogen) atoms. The average molecular weight is 287 g/mol. The molecule has 1 aliphatic heterocycles. The number of nitrogens with one attached hydrogen (secondary N) is 1.